The summed E-state index contributed by atoms with van der Waals surface area (Å²) in [5, 5.41) is 0.586. The van der Waals surface area contributed by atoms with Crippen LogP contribution in [0.3, 0.4) is 0 Å². The summed E-state index contributed by atoms with van der Waals surface area (Å²) >= 11 is 5.49. The minimum absolute atomic E-state index is 0.380. The van der Waals surface area contributed by atoms with E-state index in [1.54, 1.807) is 13.0 Å². The first-order valence-electron chi connectivity index (χ1n) is 3.61. The van der Waals surface area contributed by atoms with Gasteiger partial charge in [-0.2, -0.15) is 0 Å². The van der Waals surface area contributed by atoms with Crippen molar-refractivity contribution in [2.24, 2.45) is 0 Å². The summed E-state index contributed by atoms with van der Waals surface area (Å²) < 4.78 is 6.30. The fraction of sp³-hybridized carbons (Fsp3) is 0.375. The molecule has 0 aliphatic carbocycles. The van der Waals surface area contributed by atoms with E-state index in [1.165, 1.54) is 4.57 Å². The zero-order valence-electron chi connectivity index (χ0n) is 6.84. The van der Waals surface area contributed by atoms with Gasteiger partial charge in [-0.05, 0) is 13.0 Å². The summed E-state index contributed by atoms with van der Waals surface area (Å²) in [5.41, 5.74) is 0.519. The molecule has 0 bridgehead atoms. The zero-order chi connectivity index (χ0) is 9.14. The molecule has 0 N–H and O–H groups in total. The molecule has 0 aliphatic heterocycles. The lowest BCUT2D eigenvalue weighted by atomic mass is 10.5. The van der Waals surface area contributed by atoms with E-state index in [0.717, 1.165) is 0 Å². The Hall–Kier alpha value is -0.960. The largest absolute Gasteiger partial charge is 0.419 e. The second-order valence-electron chi connectivity index (χ2n) is 2.31. The molecule has 3 nitrogen and oxygen atoms in total. The Morgan fingerprint density at radius 2 is 2.42 bits per heavy atom. The number of halogens is 1. The first-order valence-corrected chi connectivity index (χ1v) is 4.15. The zero-order valence-corrected chi connectivity index (χ0v) is 7.60. The van der Waals surface area contributed by atoms with Crippen LogP contribution in [0.15, 0.2) is 9.21 Å². The van der Waals surface area contributed by atoms with Crippen molar-refractivity contribution in [2.75, 3.05) is 5.88 Å². The summed E-state index contributed by atoms with van der Waals surface area (Å²) in [6, 6.07) is 0. The van der Waals surface area contributed by atoms with Crippen molar-refractivity contribution in [1.82, 2.24) is 4.57 Å². The van der Waals surface area contributed by atoms with E-state index in [1.807, 2.05) is 0 Å². The Morgan fingerprint density at radius 3 is 2.83 bits per heavy atom. The van der Waals surface area contributed by atoms with E-state index < -0.39 is 5.76 Å². The molecule has 0 amide bonds. The molecule has 0 aromatic carbocycles. The van der Waals surface area contributed by atoms with Crippen molar-refractivity contribution in [1.29, 1.82) is 0 Å². The van der Waals surface area contributed by atoms with Crippen molar-refractivity contribution >= 4 is 24.3 Å². The van der Waals surface area contributed by atoms with Crippen molar-refractivity contribution in [3.63, 3.8) is 0 Å². The quantitative estimate of drug-likeness (QED) is 0.606. The van der Waals surface area contributed by atoms with E-state index >= 15 is 0 Å². The Labute approximate surface area is 74.6 Å². The lowest BCUT2D eigenvalue weighted by Gasteiger charge is -1.91. The van der Waals surface area contributed by atoms with Gasteiger partial charge in [0.2, 0.25) is 0 Å². The van der Waals surface area contributed by atoms with E-state index in [9.17, 15) is 4.79 Å². The molecule has 0 radical (unpaired) electrons. The predicted molar refractivity (Wildman–Crippen MR) is 48.6 cm³/mol. The third-order valence-corrected chi connectivity index (χ3v) is 1.77. The lowest BCUT2D eigenvalue weighted by Crippen LogP contribution is -2.31. The predicted octanol–water partition coefficient (Wildman–Crippen LogP) is -0.109. The van der Waals surface area contributed by atoms with E-state index in [0.29, 0.717) is 23.2 Å². The molecule has 1 aromatic heterocycles. The highest BCUT2D eigenvalue weighted by Gasteiger charge is 2.00. The van der Waals surface area contributed by atoms with Crippen LogP contribution in [0.1, 0.15) is 6.92 Å². The van der Waals surface area contributed by atoms with Crippen molar-refractivity contribution < 1.29 is 4.42 Å². The van der Waals surface area contributed by atoms with E-state index in [4.69, 9.17) is 16.0 Å². The first-order chi connectivity index (χ1) is 5.70. The van der Waals surface area contributed by atoms with Gasteiger partial charge in [0.25, 0.3) is 0 Å². The molecule has 0 unspecified atom stereocenters. The van der Waals surface area contributed by atoms with Crippen LogP contribution in [0, 0.1) is 0 Å². The molecule has 66 valence electrons. The number of hydrogen-bond acceptors (Lipinski definition) is 2. The van der Waals surface area contributed by atoms with Crippen molar-refractivity contribution in [3.05, 3.63) is 21.3 Å². The van der Waals surface area contributed by atoms with Crippen LogP contribution in [-0.2, 0) is 6.54 Å². The SMILES string of the molecule is C=c1/c(=C\C)oc(=O)n1CCCl. The van der Waals surface area contributed by atoms with Gasteiger partial charge in [0.1, 0.15) is 0 Å². The monoisotopic (exact) mass is 187 g/mol. The highest BCUT2D eigenvalue weighted by atomic mass is 35.5. The van der Waals surface area contributed by atoms with Crippen LogP contribution < -0.4 is 16.5 Å². The van der Waals surface area contributed by atoms with E-state index in [-0.39, 0.29) is 0 Å². The summed E-state index contributed by atoms with van der Waals surface area (Å²) in [7, 11) is 0. The number of rotatable bonds is 2. The minimum Gasteiger partial charge on any atom is -0.408 e. The van der Waals surface area contributed by atoms with Crippen LogP contribution in [-0.4, -0.2) is 10.4 Å². The summed E-state index contributed by atoms with van der Waals surface area (Å²) in [6.45, 7) is 5.94. The second-order valence-corrected chi connectivity index (χ2v) is 2.69. The maximum atomic E-state index is 11.1. The molecule has 0 saturated carbocycles. The van der Waals surface area contributed by atoms with Crippen LogP contribution >= 0.6 is 11.6 Å². The normalized spacial score (nSPS) is 12.3. The van der Waals surface area contributed by atoms with Gasteiger partial charge in [-0.3, -0.25) is 4.57 Å². The van der Waals surface area contributed by atoms with Gasteiger partial charge in [-0.1, -0.05) is 6.58 Å². The van der Waals surface area contributed by atoms with Crippen LogP contribution in [0.2, 0.25) is 0 Å². The van der Waals surface area contributed by atoms with Gasteiger partial charge >= 0.3 is 5.76 Å². The van der Waals surface area contributed by atoms with Crippen LogP contribution in [0.4, 0.5) is 0 Å². The smallest absolute Gasteiger partial charge is 0.408 e. The average molecular weight is 188 g/mol. The minimum atomic E-state index is -0.395. The molecular weight excluding hydrogens is 178 g/mol. The summed E-state index contributed by atoms with van der Waals surface area (Å²) in [5.74, 6) is -0.0146. The molecule has 1 rings (SSSR count). The summed E-state index contributed by atoms with van der Waals surface area (Å²) in [6.07, 6.45) is 1.70. The van der Waals surface area contributed by atoms with Crippen molar-refractivity contribution in [2.45, 2.75) is 13.5 Å². The Morgan fingerprint density at radius 1 is 1.75 bits per heavy atom. The molecule has 1 aromatic rings. The maximum Gasteiger partial charge on any atom is 0.419 e. The van der Waals surface area contributed by atoms with Crippen molar-refractivity contribution in [3.8, 4) is 0 Å². The first kappa shape index (κ1) is 9.13. The average Bonchev–Trinajstić information content (AvgIpc) is 2.32. The Bertz CT molecular complexity index is 415. The highest BCUT2D eigenvalue weighted by molar-refractivity contribution is 6.17. The topological polar surface area (TPSA) is 35.1 Å². The third kappa shape index (κ3) is 1.46. The number of aromatic nitrogens is 1. The van der Waals surface area contributed by atoms with Gasteiger partial charge in [-0.25, -0.2) is 4.79 Å². The molecule has 0 aliphatic rings. The standard InChI is InChI=1S/C8H10ClNO2/c1-3-7-6(2)10(5-4-9)8(11)12-7/h3H,2,4-5H2,1H3/b7-3+. The van der Waals surface area contributed by atoms with Crippen LogP contribution in [0.5, 0.6) is 0 Å². The van der Waals surface area contributed by atoms with Gasteiger partial charge in [-0.15, -0.1) is 11.6 Å². The molecule has 0 saturated heterocycles. The molecule has 0 fully saturated rings. The van der Waals surface area contributed by atoms with Gasteiger partial charge in [0.05, 0.1) is 5.35 Å². The molecule has 4 heteroatoms. The number of hydrogen-bond donors (Lipinski definition) is 0. The Kier molecular flexibility index (Phi) is 2.76. The fourth-order valence-electron chi connectivity index (χ4n) is 0.988. The molecule has 0 atom stereocenters. The molecule has 0 spiro atoms. The molecule has 1 heterocycles. The summed E-state index contributed by atoms with van der Waals surface area (Å²) in [4.78, 5) is 11.1. The van der Waals surface area contributed by atoms with Gasteiger partial charge in [0.15, 0.2) is 5.42 Å². The third-order valence-electron chi connectivity index (χ3n) is 1.60. The highest BCUT2D eigenvalue weighted by Crippen LogP contribution is 1.76. The number of nitrogens with zero attached hydrogens (tertiary/aromatic N) is 1. The number of alkyl halides is 1. The molecule has 12 heavy (non-hydrogen) atoms. The van der Waals surface area contributed by atoms with Gasteiger partial charge < -0.3 is 4.42 Å². The van der Waals surface area contributed by atoms with Gasteiger partial charge in [0, 0.05) is 12.4 Å². The molecular formula is C8H10ClNO2. The fourth-order valence-corrected chi connectivity index (χ4v) is 1.16. The Balaban J connectivity index is 3.40. The number of oxazole rings is 1. The van der Waals surface area contributed by atoms with E-state index in [2.05, 4.69) is 6.58 Å². The van der Waals surface area contributed by atoms with Crippen LogP contribution in [0.25, 0.3) is 12.7 Å². The maximum absolute atomic E-state index is 11.1. The second kappa shape index (κ2) is 3.63. The lowest BCUT2D eigenvalue weighted by molar-refractivity contribution is 0.462.